The molecule has 0 saturated carbocycles. The van der Waals surface area contributed by atoms with E-state index in [0.29, 0.717) is 0 Å². The van der Waals surface area contributed by atoms with Crippen LogP contribution in [0.2, 0.25) is 0 Å². The Kier molecular flexibility index (Phi) is 5.37. The van der Waals surface area contributed by atoms with Crippen LogP contribution < -0.4 is 0 Å². The van der Waals surface area contributed by atoms with E-state index < -0.39 is 5.97 Å². The zero-order valence-corrected chi connectivity index (χ0v) is 13.1. The zero-order valence-electron chi connectivity index (χ0n) is 13.1. The lowest BCUT2D eigenvalue weighted by atomic mass is 9.99. The van der Waals surface area contributed by atoms with Crippen molar-refractivity contribution in [3.05, 3.63) is 35.4 Å². The monoisotopic (exact) mass is 291 g/mol. The van der Waals surface area contributed by atoms with Gasteiger partial charge in [0.05, 0.1) is 18.6 Å². The van der Waals surface area contributed by atoms with Gasteiger partial charge in [-0.25, -0.2) is 0 Å². The Balaban J connectivity index is 2.09. The minimum absolute atomic E-state index is 0.0269. The van der Waals surface area contributed by atoms with Gasteiger partial charge in [0.1, 0.15) is 0 Å². The number of rotatable bonds is 5. The molecule has 1 N–H and O–H groups in total. The summed E-state index contributed by atoms with van der Waals surface area (Å²) in [5.74, 6) is -0.737. The van der Waals surface area contributed by atoms with Gasteiger partial charge >= 0.3 is 5.97 Å². The maximum absolute atomic E-state index is 11.2. The van der Waals surface area contributed by atoms with Crippen molar-refractivity contribution in [3.63, 3.8) is 0 Å². The molecule has 0 aliphatic carbocycles. The fourth-order valence-electron chi connectivity index (χ4n) is 3.04. The van der Waals surface area contributed by atoms with Gasteiger partial charge in [-0.15, -0.1) is 0 Å². The van der Waals surface area contributed by atoms with E-state index in [0.717, 1.165) is 19.5 Å². The van der Waals surface area contributed by atoms with E-state index in [4.69, 9.17) is 4.74 Å². The molecule has 0 bridgehead atoms. The number of aliphatic carboxylic acids is 1. The van der Waals surface area contributed by atoms with Crippen molar-refractivity contribution in [2.75, 3.05) is 13.1 Å². The number of carboxylic acids is 1. The predicted octanol–water partition coefficient (Wildman–Crippen LogP) is 2.49. The quantitative estimate of drug-likeness (QED) is 0.905. The number of morpholine rings is 1. The lowest BCUT2D eigenvalue weighted by Gasteiger charge is -2.40. The second kappa shape index (κ2) is 7.05. The van der Waals surface area contributed by atoms with Gasteiger partial charge in [-0.1, -0.05) is 29.8 Å². The summed E-state index contributed by atoms with van der Waals surface area (Å²) in [5.41, 5.74) is 2.42. The fraction of sp³-hybridized carbons (Fsp3) is 0.588. The molecule has 4 nitrogen and oxygen atoms in total. The molecule has 0 radical (unpaired) electrons. The summed E-state index contributed by atoms with van der Waals surface area (Å²) in [4.78, 5) is 13.5. The summed E-state index contributed by atoms with van der Waals surface area (Å²) in [7, 11) is 0. The highest BCUT2D eigenvalue weighted by molar-refractivity contribution is 5.67. The molecular weight excluding hydrogens is 266 g/mol. The van der Waals surface area contributed by atoms with Gasteiger partial charge in [-0.3, -0.25) is 9.69 Å². The molecule has 21 heavy (non-hydrogen) atoms. The van der Waals surface area contributed by atoms with E-state index in [-0.39, 0.29) is 24.7 Å². The lowest BCUT2D eigenvalue weighted by Crippen LogP contribution is -2.51. The summed E-state index contributed by atoms with van der Waals surface area (Å²) >= 11 is 0. The second-order valence-electron chi connectivity index (χ2n) is 6.15. The van der Waals surface area contributed by atoms with Gasteiger partial charge in [-0.2, -0.15) is 0 Å². The number of carbonyl (C=O) groups is 1. The van der Waals surface area contributed by atoms with Crippen molar-refractivity contribution < 1.29 is 14.6 Å². The lowest BCUT2D eigenvalue weighted by molar-refractivity contribution is -0.140. The van der Waals surface area contributed by atoms with Gasteiger partial charge in [0.15, 0.2) is 0 Å². The maximum Gasteiger partial charge on any atom is 0.304 e. The molecule has 116 valence electrons. The van der Waals surface area contributed by atoms with Crippen molar-refractivity contribution >= 4 is 5.97 Å². The van der Waals surface area contributed by atoms with E-state index in [2.05, 4.69) is 36.1 Å². The fourth-order valence-corrected chi connectivity index (χ4v) is 3.04. The van der Waals surface area contributed by atoms with Crippen LogP contribution in [0.1, 0.15) is 31.4 Å². The van der Waals surface area contributed by atoms with E-state index in [1.165, 1.54) is 11.1 Å². The topological polar surface area (TPSA) is 49.8 Å². The second-order valence-corrected chi connectivity index (χ2v) is 6.15. The molecule has 0 spiro atoms. The Morgan fingerprint density at radius 1 is 1.29 bits per heavy atom. The number of hydrogen-bond donors (Lipinski definition) is 1. The van der Waals surface area contributed by atoms with Crippen LogP contribution in [0.5, 0.6) is 0 Å². The number of ether oxygens (including phenoxy) is 1. The van der Waals surface area contributed by atoms with Crippen LogP contribution in [0.15, 0.2) is 24.3 Å². The summed E-state index contributed by atoms with van der Waals surface area (Å²) < 4.78 is 5.75. The highest BCUT2D eigenvalue weighted by Crippen LogP contribution is 2.19. The normalized spacial score (nSPS) is 24.7. The van der Waals surface area contributed by atoms with Crippen molar-refractivity contribution in [3.8, 4) is 0 Å². The largest absolute Gasteiger partial charge is 0.481 e. The van der Waals surface area contributed by atoms with E-state index in [1.807, 2.05) is 13.8 Å². The van der Waals surface area contributed by atoms with Crippen molar-refractivity contribution in [1.82, 2.24) is 4.90 Å². The molecule has 1 heterocycles. The molecule has 1 aliphatic rings. The highest BCUT2D eigenvalue weighted by Gasteiger charge is 2.29. The number of aryl methyl sites for hydroxylation is 1. The molecule has 3 atom stereocenters. The number of benzene rings is 1. The zero-order chi connectivity index (χ0) is 15.4. The third kappa shape index (κ3) is 4.83. The van der Waals surface area contributed by atoms with Crippen LogP contribution in [0, 0.1) is 6.92 Å². The van der Waals surface area contributed by atoms with Crippen molar-refractivity contribution in [2.24, 2.45) is 0 Å². The summed E-state index contributed by atoms with van der Waals surface area (Å²) in [6, 6.07) is 8.38. The minimum atomic E-state index is -0.737. The molecular formula is C17H25NO3. The predicted molar refractivity (Wildman–Crippen MR) is 82.5 cm³/mol. The first kappa shape index (κ1) is 16.0. The molecule has 0 amide bonds. The molecule has 0 aromatic heterocycles. The van der Waals surface area contributed by atoms with Gasteiger partial charge in [0.25, 0.3) is 0 Å². The van der Waals surface area contributed by atoms with Crippen molar-refractivity contribution in [1.29, 1.82) is 0 Å². The van der Waals surface area contributed by atoms with Gasteiger partial charge in [0.2, 0.25) is 0 Å². The molecule has 1 saturated heterocycles. The summed E-state index contributed by atoms with van der Waals surface area (Å²) in [6.07, 6.45) is 1.26. The Morgan fingerprint density at radius 2 is 1.86 bits per heavy atom. The molecule has 1 aromatic carbocycles. The van der Waals surface area contributed by atoms with E-state index >= 15 is 0 Å². The van der Waals surface area contributed by atoms with Crippen LogP contribution in [0.25, 0.3) is 0 Å². The number of carboxylic acid groups (broad SMARTS) is 1. The minimum Gasteiger partial charge on any atom is -0.481 e. The van der Waals surface area contributed by atoms with Crippen LogP contribution in [-0.2, 0) is 16.0 Å². The third-order valence-corrected chi connectivity index (χ3v) is 3.97. The SMILES string of the molecule is Cc1ccc(CC(CC(=O)O)N2CC(C)OC(C)C2)cc1. The number of hydrogen-bond acceptors (Lipinski definition) is 3. The van der Waals surface area contributed by atoms with Gasteiger partial charge in [0, 0.05) is 19.1 Å². The smallest absolute Gasteiger partial charge is 0.304 e. The maximum atomic E-state index is 11.2. The molecule has 4 heteroatoms. The van der Waals surface area contributed by atoms with Gasteiger partial charge < -0.3 is 9.84 Å². The third-order valence-electron chi connectivity index (χ3n) is 3.97. The summed E-state index contributed by atoms with van der Waals surface area (Å²) in [5, 5.41) is 9.21. The molecule has 2 rings (SSSR count). The van der Waals surface area contributed by atoms with E-state index in [1.54, 1.807) is 0 Å². The van der Waals surface area contributed by atoms with Crippen LogP contribution in [-0.4, -0.2) is 47.3 Å². The van der Waals surface area contributed by atoms with Crippen LogP contribution in [0.4, 0.5) is 0 Å². The molecule has 3 unspecified atom stereocenters. The average Bonchev–Trinajstić information content (AvgIpc) is 2.39. The first-order valence-electron chi connectivity index (χ1n) is 7.61. The molecule has 1 aromatic rings. The standard InChI is InChI=1S/C17H25NO3/c1-12-4-6-15(7-5-12)8-16(9-17(19)20)18-10-13(2)21-14(3)11-18/h4-7,13-14,16H,8-11H2,1-3H3,(H,19,20). The first-order valence-corrected chi connectivity index (χ1v) is 7.61. The highest BCUT2D eigenvalue weighted by atomic mass is 16.5. The van der Waals surface area contributed by atoms with Crippen LogP contribution >= 0.6 is 0 Å². The Bertz CT molecular complexity index is 461. The van der Waals surface area contributed by atoms with E-state index in [9.17, 15) is 9.90 Å². The Morgan fingerprint density at radius 3 is 2.38 bits per heavy atom. The Hall–Kier alpha value is -1.39. The first-order chi connectivity index (χ1) is 9.94. The summed E-state index contributed by atoms with van der Waals surface area (Å²) in [6.45, 7) is 7.75. The number of nitrogens with zero attached hydrogens (tertiary/aromatic N) is 1. The Labute approximate surface area is 126 Å². The molecule has 1 fully saturated rings. The average molecular weight is 291 g/mol. The van der Waals surface area contributed by atoms with Crippen LogP contribution in [0.3, 0.4) is 0 Å². The van der Waals surface area contributed by atoms with Crippen molar-refractivity contribution in [2.45, 2.75) is 51.9 Å². The molecule has 1 aliphatic heterocycles. The van der Waals surface area contributed by atoms with Gasteiger partial charge in [-0.05, 0) is 32.8 Å².